The van der Waals surface area contributed by atoms with E-state index in [1.165, 1.54) is 0 Å². The zero-order valence-corrected chi connectivity index (χ0v) is 12.4. The fourth-order valence-corrected chi connectivity index (χ4v) is 1.87. The Bertz CT molecular complexity index is 463. The minimum Gasteiger partial charge on any atom is -0.352 e. The zero-order chi connectivity index (χ0) is 15.5. The molecule has 0 spiro atoms. The lowest BCUT2D eigenvalue weighted by molar-refractivity contribution is -0.116. The summed E-state index contributed by atoms with van der Waals surface area (Å²) in [5.41, 5.74) is 6.90. The van der Waals surface area contributed by atoms with Crippen LogP contribution in [0.2, 0.25) is 0 Å². The molecule has 21 heavy (non-hydrogen) atoms. The molecular weight excluding hydrogens is 268 g/mol. The Morgan fingerprint density at radius 1 is 1.24 bits per heavy atom. The molecule has 0 bridgehead atoms. The maximum absolute atomic E-state index is 11.8. The van der Waals surface area contributed by atoms with Crippen molar-refractivity contribution in [1.29, 1.82) is 0 Å². The zero-order valence-electron chi connectivity index (χ0n) is 12.4. The summed E-state index contributed by atoms with van der Waals surface area (Å²) in [6.45, 7) is 4.26. The molecule has 3 amide bonds. The summed E-state index contributed by atoms with van der Waals surface area (Å²) < 4.78 is 0. The molecule has 1 rings (SSSR count). The molecule has 0 aliphatic heterocycles. The maximum atomic E-state index is 11.8. The van der Waals surface area contributed by atoms with Crippen molar-refractivity contribution in [1.82, 2.24) is 10.6 Å². The predicted octanol–water partition coefficient (Wildman–Crippen LogP) is 1.57. The largest absolute Gasteiger partial charge is 0.352 e. The summed E-state index contributed by atoms with van der Waals surface area (Å²) >= 11 is 0. The lowest BCUT2D eigenvalue weighted by Gasteiger charge is -2.08. The number of amides is 3. The van der Waals surface area contributed by atoms with Crippen molar-refractivity contribution in [2.24, 2.45) is 5.73 Å². The van der Waals surface area contributed by atoms with E-state index >= 15 is 0 Å². The second kappa shape index (κ2) is 9.77. The summed E-state index contributed by atoms with van der Waals surface area (Å²) in [7, 11) is 0. The van der Waals surface area contributed by atoms with Crippen molar-refractivity contribution in [3.63, 3.8) is 0 Å². The molecular formula is C15H24N4O2. The van der Waals surface area contributed by atoms with E-state index in [0.717, 1.165) is 30.8 Å². The average Bonchev–Trinajstić information content (AvgIpc) is 2.45. The summed E-state index contributed by atoms with van der Waals surface area (Å²) in [4.78, 5) is 22.3. The van der Waals surface area contributed by atoms with Gasteiger partial charge in [0, 0.05) is 25.2 Å². The van der Waals surface area contributed by atoms with Gasteiger partial charge in [0.15, 0.2) is 0 Å². The normalized spacial score (nSPS) is 10.1. The van der Waals surface area contributed by atoms with Crippen molar-refractivity contribution in [3.05, 3.63) is 29.8 Å². The Labute approximate surface area is 125 Å². The molecule has 5 N–H and O–H groups in total. The minimum atomic E-state index is -0.531. The van der Waals surface area contributed by atoms with Crippen LogP contribution in [0, 0.1) is 0 Å². The fraction of sp³-hybridized carbons (Fsp3) is 0.467. The Kier molecular flexibility index (Phi) is 7.89. The number of benzene rings is 1. The molecule has 1 aromatic rings. The Hall–Kier alpha value is -2.08. The molecule has 0 aromatic heterocycles. The van der Waals surface area contributed by atoms with E-state index < -0.39 is 6.03 Å². The number of urea groups is 1. The van der Waals surface area contributed by atoms with Gasteiger partial charge in [-0.15, -0.1) is 0 Å². The van der Waals surface area contributed by atoms with Crippen molar-refractivity contribution < 1.29 is 9.59 Å². The molecule has 6 heteroatoms. The predicted molar refractivity (Wildman–Crippen MR) is 83.9 cm³/mol. The number of nitrogens with one attached hydrogen (secondary N) is 3. The summed E-state index contributed by atoms with van der Waals surface area (Å²) in [6.07, 6.45) is 1.87. The first kappa shape index (κ1) is 17.0. The first-order chi connectivity index (χ1) is 10.1. The van der Waals surface area contributed by atoms with Gasteiger partial charge in [-0.25, -0.2) is 4.79 Å². The number of anilines is 1. The lowest BCUT2D eigenvalue weighted by atomic mass is 10.2. The molecule has 0 aliphatic carbocycles. The standard InChI is InChI=1S/C15H24N4O2/c1-2-17-11-12-6-5-7-13(10-12)19-14(20)8-3-4-9-18-15(16)21/h5-7,10,17H,2-4,8-9,11H2,1H3,(H,19,20)(H3,16,18,21). The molecule has 0 atom stereocenters. The van der Waals surface area contributed by atoms with Crippen LogP contribution >= 0.6 is 0 Å². The number of rotatable bonds is 9. The van der Waals surface area contributed by atoms with Gasteiger partial charge in [0.25, 0.3) is 0 Å². The SMILES string of the molecule is CCNCc1cccc(NC(=O)CCCCNC(N)=O)c1. The molecule has 0 radical (unpaired) electrons. The smallest absolute Gasteiger partial charge is 0.312 e. The number of primary amides is 1. The molecule has 0 unspecified atom stereocenters. The number of carbonyl (C=O) groups excluding carboxylic acids is 2. The number of nitrogens with two attached hydrogens (primary N) is 1. The first-order valence-corrected chi connectivity index (χ1v) is 7.24. The van der Waals surface area contributed by atoms with Gasteiger partial charge in [-0.3, -0.25) is 4.79 Å². The number of hydrogen-bond donors (Lipinski definition) is 4. The topological polar surface area (TPSA) is 96.2 Å². The average molecular weight is 292 g/mol. The third-order valence-electron chi connectivity index (χ3n) is 2.92. The van der Waals surface area contributed by atoms with Gasteiger partial charge >= 0.3 is 6.03 Å². The van der Waals surface area contributed by atoms with E-state index in [0.29, 0.717) is 19.4 Å². The highest BCUT2D eigenvalue weighted by atomic mass is 16.2. The molecule has 0 saturated carbocycles. The van der Waals surface area contributed by atoms with Gasteiger partial charge in [-0.1, -0.05) is 19.1 Å². The minimum absolute atomic E-state index is 0.0188. The van der Waals surface area contributed by atoms with Crippen LogP contribution < -0.4 is 21.7 Å². The van der Waals surface area contributed by atoms with Gasteiger partial charge in [0.2, 0.25) is 5.91 Å². The van der Waals surface area contributed by atoms with E-state index in [2.05, 4.69) is 22.9 Å². The molecule has 0 heterocycles. The molecule has 0 saturated heterocycles. The van der Waals surface area contributed by atoms with Crippen LogP contribution in [0.3, 0.4) is 0 Å². The first-order valence-electron chi connectivity index (χ1n) is 7.24. The third-order valence-corrected chi connectivity index (χ3v) is 2.92. The van der Waals surface area contributed by atoms with Crippen LogP contribution in [0.15, 0.2) is 24.3 Å². The van der Waals surface area contributed by atoms with Crippen molar-refractivity contribution in [2.45, 2.75) is 32.7 Å². The van der Waals surface area contributed by atoms with Crippen LogP contribution in [0.1, 0.15) is 31.7 Å². The monoisotopic (exact) mass is 292 g/mol. The van der Waals surface area contributed by atoms with E-state index in [-0.39, 0.29) is 5.91 Å². The summed E-state index contributed by atoms with van der Waals surface area (Å²) in [6, 6.07) is 7.27. The fourth-order valence-electron chi connectivity index (χ4n) is 1.87. The quantitative estimate of drug-likeness (QED) is 0.520. The highest BCUT2D eigenvalue weighted by Gasteiger charge is 2.03. The van der Waals surface area contributed by atoms with E-state index in [4.69, 9.17) is 5.73 Å². The Morgan fingerprint density at radius 2 is 2.05 bits per heavy atom. The number of carbonyl (C=O) groups is 2. The van der Waals surface area contributed by atoms with Crippen LogP contribution in [-0.2, 0) is 11.3 Å². The van der Waals surface area contributed by atoms with E-state index in [1.807, 2.05) is 24.3 Å². The van der Waals surface area contributed by atoms with Gasteiger partial charge in [-0.2, -0.15) is 0 Å². The van der Waals surface area contributed by atoms with Crippen LogP contribution in [0.25, 0.3) is 0 Å². The van der Waals surface area contributed by atoms with Gasteiger partial charge < -0.3 is 21.7 Å². The lowest BCUT2D eigenvalue weighted by Crippen LogP contribution is -2.30. The molecule has 116 valence electrons. The summed E-state index contributed by atoms with van der Waals surface area (Å²) in [5.74, 6) is -0.0188. The van der Waals surface area contributed by atoms with E-state index in [1.54, 1.807) is 0 Å². The van der Waals surface area contributed by atoms with Crippen molar-refractivity contribution in [2.75, 3.05) is 18.4 Å². The highest BCUT2D eigenvalue weighted by molar-refractivity contribution is 5.90. The van der Waals surface area contributed by atoms with Gasteiger partial charge in [0.1, 0.15) is 0 Å². The van der Waals surface area contributed by atoms with E-state index in [9.17, 15) is 9.59 Å². The van der Waals surface area contributed by atoms with Crippen molar-refractivity contribution >= 4 is 17.6 Å². The van der Waals surface area contributed by atoms with Crippen LogP contribution in [0.5, 0.6) is 0 Å². The highest BCUT2D eigenvalue weighted by Crippen LogP contribution is 2.11. The van der Waals surface area contributed by atoms with Gasteiger partial charge in [-0.05, 0) is 37.1 Å². The number of unbranched alkanes of at least 4 members (excludes halogenated alkanes) is 1. The van der Waals surface area contributed by atoms with Crippen LogP contribution in [-0.4, -0.2) is 25.0 Å². The summed E-state index contributed by atoms with van der Waals surface area (Å²) in [5, 5.41) is 8.62. The molecule has 0 fully saturated rings. The molecule has 6 nitrogen and oxygen atoms in total. The van der Waals surface area contributed by atoms with Crippen molar-refractivity contribution in [3.8, 4) is 0 Å². The van der Waals surface area contributed by atoms with Gasteiger partial charge in [0.05, 0.1) is 0 Å². The molecule has 1 aromatic carbocycles. The maximum Gasteiger partial charge on any atom is 0.312 e. The second-order valence-corrected chi connectivity index (χ2v) is 4.78. The number of hydrogen-bond acceptors (Lipinski definition) is 3. The Balaban J connectivity index is 2.28. The second-order valence-electron chi connectivity index (χ2n) is 4.78. The van der Waals surface area contributed by atoms with Crippen LogP contribution in [0.4, 0.5) is 10.5 Å². The Morgan fingerprint density at radius 3 is 2.76 bits per heavy atom. The third kappa shape index (κ3) is 7.94. The molecule has 0 aliphatic rings.